The van der Waals surface area contributed by atoms with E-state index < -0.39 is 50.6 Å². The first-order valence-corrected chi connectivity index (χ1v) is 5.92. The summed E-state index contributed by atoms with van der Waals surface area (Å²) in [5.74, 6) is -2.47. The molecular weight excluding hydrogens is 224 g/mol. The van der Waals surface area contributed by atoms with Gasteiger partial charge < -0.3 is 5.11 Å². The monoisotopic (exact) mass is 268 g/mol. The van der Waals surface area contributed by atoms with Gasteiger partial charge in [-0.25, -0.2) is 0 Å². The van der Waals surface area contributed by atoms with Gasteiger partial charge in [-0.05, 0) is 32.0 Å². The van der Waals surface area contributed by atoms with E-state index in [1.807, 2.05) is 6.92 Å². The maximum atomic E-state index is 11.1. The molecule has 0 unspecified atom stereocenters. The third-order valence-electron chi connectivity index (χ3n) is 1.92. The van der Waals surface area contributed by atoms with Crippen LogP contribution in [0.15, 0.2) is 12.2 Å². The summed E-state index contributed by atoms with van der Waals surface area (Å²) in [5.41, 5.74) is 0. The van der Waals surface area contributed by atoms with Crippen LogP contribution in [0.4, 0.5) is 0 Å². The molecule has 0 amide bonds. The minimum absolute atomic E-state index is 0.341. The average molecular weight is 268 g/mol. The molecule has 0 aromatic carbocycles. The molecule has 0 saturated carbocycles. The van der Waals surface area contributed by atoms with E-state index in [0.29, 0.717) is 18.9 Å². The van der Waals surface area contributed by atoms with Crippen molar-refractivity contribution in [3.05, 3.63) is 12.2 Å². The summed E-state index contributed by atoms with van der Waals surface area (Å²) in [6.45, 7) is 1.99. The first kappa shape index (κ1) is 4.96. The molecule has 2 heteroatoms. The largest absolute Gasteiger partial charge is 0.481 e. The molecule has 0 heterocycles. The molecule has 0 spiro atoms. The summed E-state index contributed by atoms with van der Waals surface area (Å²) in [4.78, 5) is 11.1. The van der Waals surface area contributed by atoms with E-state index in [9.17, 15) is 4.79 Å². The van der Waals surface area contributed by atoms with Crippen molar-refractivity contribution in [3.63, 3.8) is 0 Å². The molecule has 2 nitrogen and oxygen atoms in total. The molecule has 18 heavy (non-hydrogen) atoms. The number of hydrogen-bond acceptors (Lipinski definition) is 1. The molecule has 0 radical (unpaired) electrons. The Morgan fingerprint density at radius 2 is 1.78 bits per heavy atom. The third kappa shape index (κ3) is 15.2. The summed E-state index contributed by atoms with van der Waals surface area (Å²) >= 11 is 0. The number of aliphatic carboxylic acids is 1. The zero-order chi connectivity index (χ0) is 26.0. The molecule has 0 rings (SSSR count). The Morgan fingerprint density at radius 1 is 1.06 bits per heavy atom. The van der Waals surface area contributed by atoms with Crippen LogP contribution in [0.5, 0.6) is 0 Å². The Bertz CT molecular complexity index is 684. The number of carboxylic acid groups (broad SMARTS) is 1. The lowest BCUT2D eigenvalue weighted by Gasteiger charge is -1.98. The van der Waals surface area contributed by atoms with Crippen molar-refractivity contribution in [1.29, 1.82) is 0 Å². The number of rotatable bonds is 13. The second-order valence-corrected chi connectivity index (χ2v) is 3.45. The Labute approximate surface area is 132 Å². The van der Waals surface area contributed by atoms with Gasteiger partial charge in [0.25, 0.3) is 0 Å². The van der Waals surface area contributed by atoms with Gasteiger partial charge in [0, 0.05) is 25.6 Å². The fourth-order valence-electron chi connectivity index (χ4n) is 1.09. The Morgan fingerprint density at radius 3 is 2.50 bits per heavy atom. The van der Waals surface area contributed by atoms with Crippen molar-refractivity contribution in [1.82, 2.24) is 0 Å². The molecule has 0 aliphatic carbocycles. The Hall–Kier alpha value is -0.790. The highest BCUT2D eigenvalue weighted by Crippen LogP contribution is 2.08. The van der Waals surface area contributed by atoms with Crippen molar-refractivity contribution < 1.29 is 29.1 Å². The first-order valence-electron chi connectivity index (χ1n) is 12.9. The second-order valence-electron chi connectivity index (χ2n) is 3.45. The zero-order valence-corrected chi connectivity index (χ0v) is 10.5. The van der Waals surface area contributed by atoms with E-state index in [2.05, 4.69) is 0 Å². The van der Waals surface area contributed by atoms with Crippen molar-refractivity contribution in [2.45, 2.75) is 83.6 Å². The fourth-order valence-corrected chi connectivity index (χ4v) is 1.09. The molecule has 0 fully saturated rings. The van der Waals surface area contributed by atoms with Crippen LogP contribution in [0.25, 0.3) is 0 Å². The van der Waals surface area contributed by atoms with Gasteiger partial charge in [-0.2, -0.15) is 0 Å². The van der Waals surface area contributed by atoms with E-state index in [0.717, 1.165) is 19.3 Å². The van der Waals surface area contributed by atoms with E-state index >= 15 is 0 Å². The number of hydrogen-bond donors (Lipinski definition) is 1. The smallest absolute Gasteiger partial charge is 0.303 e. The van der Waals surface area contributed by atoms with Gasteiger partial charge >= 0.3 is 5.97 Å². The molecule has 1 N–H and O–H groups in total. The first-order chi connectivity index (χ1) is 14.0. The van der Waals surface area contributed by atoms with E-state index in [1.165, 1.54) is 6.08 Å². The molecule has 0 aliphatic heterocycles. The van der Waals surface area contributed by atoms with Gasteiger partial charge in [-0.1, -0.05) is 57.5 Å². The summed E-state index contributed by atoms with van der Waals surface area (Å²) < 4.78 is 109. The molecule has 0 saturated heterocycles. The van der Waals surface area contributed by atoms with Crippen LogP contribution in [-0.2, 0) is 4.79 Å². The molecule has 106 valence electrons. The van der Waals surface area contributed by atoms with Crippen LogP contribution in [0.1, 0.15) is 103 Å². The molecule has 0 aromatic heterocycles. The summed E-state index contributed by atoms with van der Waals surface area (Å²) in [6.07, 6.45) is -21.9. The predicted molar refractivity (Wildman–Crippen MR) is 77.9 cm³/mol. The predicted octanol–water partition coefficient (Wildman–Crippen LogP) is 5.33. The highest BCUT2D eigenvalue weighted by molar-refractivity contribution is 5.66. The highest BCUT2D eigenvalue weighted by atomic mass is 16.4. The van der Waals surface area contributed by atoms with Gasteiger partial charge in [0.2, 0.25) is 0 Å². The quantitative estimate of drug-likeness (QED) is 0.362. The summed E-state index contributed by atoms with van der Waals surface area (Å²) in [7, 11) is 0. The number of unbranched alkanes of at least 4 members (excludes halogenated alkanes) is 4. The topological polar surface area (TPSA) is 37.3 Å². The minimum atomic E-state index is -4.24. The van der Waals surface area contributed by atoms with Gasteiger partial charge in [-0.3, -0.25) is 4.79 Å². The van der Waals surface area contributed by atoms with E-state index in [1.54, 1.807) is 0 Å². The van der Waals surface area contributed by atoms with Crippen LogP contribution in [-0.4, -0.2) is 11.1 Å². The van der Waals surface area contributed by atoms with Crippen LogP contribution >= 0.6 is 0 Å². The molecule has 0 atom stereocenters. The van der Waals surface area contributed by atoms with Gasteiger partial charge in [0.15, 0.2) is 0 Å². The summed E-state index contributed by atoms with van der Waals surface area (Å²) in [5, 5.41) is 8.93. The average Bonchev–Trinajstić information content (AvgIpc) is 2.63. The maximum absolute atomic E-state index is 11.1. The fraction of sp³-hybridized carbons (Fsp3) is 0.812. The van der Waals surface area contributed by atoms with Gasteiger partial charge in [-0.15, -0.1) is 0 Å². The van der Waals surface area contributed by atoms with Gasteiger partial charge in [0.1, 0.15) is 0 Å². The molecule has 0 bridgehead atoms. The standard InChI is InChI=1S/C16H30O2/c1-2-3-4-5-6-7-8-9-10-11-12-13-14-15-16(17)18/h7-8H,2-6,9-15H2,1H3,(H,17,18)/b8-7-/i9D2,10D2,11D2,12D2,13D2,14D2,15D2. The zero-order valence-electron chi connectivity index (χ0n) is 24.5. The van der Waals surface area contributed by atoms with Crippen LogP contribution < -0.4 is 0 Å². The number of carboxylic acids is 1. The molecular formula is C16H30O2. The minimum Gasteiger partial charge on any atom is -0.481 e. The van der Waals surface area contributed by atoms with Crippen molar-refractivity contribution in [2.24, 2.45) is 0 Å². The lowest BCUT2D eigenvalue weighted by atomic mass is 10.1. The van der Waals surface area contributed by atoms with E-state index in [4.69, 9.17) is 24.3 Å². The van der Waals surface area contributed by atoms with Crippen molar-refractivity contribution in [3.8, 4) is 0 Å². The summed E-state index contributed by atoms with van der Waals surface area (Å²) in [6, 6.07) is 0. The highest BCUT2D eigenvalue weighted by Gasteiger charge is 1.95. The van der Waals surface area contributed by atoms with Crippen molar-refractivity contribution >= 4 is 5.97 Å². The second kappa shape index (κ2) is 14.3. The van der Waals surface area contributed by atoms with Crippen molar-refractivity contribution in [2.75, 3.05) is 0 Å². The maximum Gasteiger partial charge on any atom is 0.303 e. The molecule has 0 aliphatic rings. The lowest BCUT2D eigenvalue weighted by molar-refractivity contribution is -0.137. The SMILES string of the molecule is [2H]C([2H])(/C=C\CCCCCC)C([2H])([2H])C([2H])([2H])C([2H])([2H])C([2H])([2H])C([2H])([2H])C([2H])([2H])C(=O)O. The lowest BCUT2D eigenvalue weighted by Crippen LogP contribution is -1.93. The Kier molecular flexibility index (Phi) is 3.93. The number of carbonyl (C=O) groups is 1. The normalized spacial score (nSPS) is 28.3. The Balaban J connectivity index is 6.21. The van der Waals surface area contributed by atoms with Crippen LogP contribution in [0, 0.1) is 0 Å². The third-order valence-corrected chi connectivity index (χ3v) is 1.92. The van der Waals surface area contributed by atoms with Crippen LogP contribution in [0.3, 0.4) is 0 Å². The van der Waals surface area contributed by atoms with E-state index in [-0.39, 0.29) is 0 Å². The van der Waals surface area contributed by atoms with Crippen LogP contribution in [0.2, 0.25) is 0 Å². The number of allylic oxidation sites excluding steroid dienone is 2. The molecule has 0 aromatic rings. The van der Waals surface area contributed by atoms with Gasteiger partial charge in [0.05, 0.1) is 0 Å².